The molecular formula is C13H25N3O. The van der Waals surface area contributed by atoms with Crippen molar-refractivity contribution < 1.29 is 4.74 Å². The first-order valence-electron chi connectivity index (χ1n) is 6.37. The summed E-state index contributed by atoms with van der Waals surface area (Å²) in [6.45, 7) is 7.11. The van der Waals surface area contributed by atoms with Crippen molar-refractivity contribution in [1.82, 2.24) is 15.1 Å². The normalized spacial score (nSPS) is 11.1. The van der Waals surface area contributed by atoms with Gasteiger partial charge in [0.25, 0.3) is 0 Å². The summed E-state index contributed by atoms with van der Waals surface area (Å²) >= 11 is 0. The lowest BCUT2D eigenvalue weighted by Gasteiger charge is -2.05. The summed E-state index contributed by atoms with van der Waals surface area (Å²) in [4.78, 5) is 0. The van der Waals surface area contributed by atoms with Crippen LogP contribution in [0.1, 0.15) is 29.8 Å². The summed E-state index contributed by atoms with van der Waals surface area (Å²) in [6.07, 6.45) is 3.29. The highest BCUT2D eigenvalue weighted by molar-refractivity contribution is 5.24. The molecule has 1 heterocycles. The fourth-order valence-corrected chi connectivity index (χ4v) is 2.07. The number of aromatic nitrogens is 2. The molecule has 17 heavy (non-hydrogen) atoms. The number of unbranched alkanes of at least 4 members (excludes halogenated alkanes) is 1. The van der Waals surface area contributed by atoms with Crippen LogP contribution in [0.5, 0.6) is 0 Å². The van der Waals surface area contributed by atoms with E-state index in [9.17, 15) is 0 Å². The Morgan fingerprint density at radius 1 is 1.29 bits per heavy atom. The minimum Gasteiger partial charge on any atom is -0.385 e. The number of hydrogen-bond donors (Lipinski definition) is 1. The zero-order chi connectivity index (χ0) is 12.7. The molecule has 0 fully saturated rings. The molecule has 0 aliphatic heterocycles. The summed E-state index contributed by atoms with van der Waals surface area (Å²) in [7, 11) is 3.74. The number of rotatable bonds is 8. The van der Waals surface area contributed by atoms with E-state index in [1.807, 2.05) is 7.05 Å². The first-order chi connectivity index (χ1) is 8.20. The number of aryl methyl sites for hydroxylation is 2. The number of methoxy groups -OCH3 is 1. The average Bonchev–Trinajstić information content (AvgIpc) is 2.58. The van der Waals surface area contributed by atoms with Gasteiger partial charge in [-0.15, -0.1) is 0 Å². The standard InChI is InChI=1S/C13H25N3O/c1-11-13(7-8-14-3)12(2)16(15-11)9-5-6-10-17-4/h14H,5-10H2,1-4H3. The van der Waals surface area contributed by atoms with E-state index in [0.29, 0.717) is 0 Å². The third kappa shape index (κ3) is 4.13. The quantitative estimate of drug-likeness (QED) is 0.702. The van der Waals surface area contributed by atoms with Gasteiger partial charge >= 0.3 is 0 Å². The molecule has 1 aromatic rings. The van der Waals surface area contributed by atoms with Crippen molar-refractivity contribution in [3.8, 4) is 0 Å². The van der Waals surface area contributed by atoms with Crippen molar-refractivity contribution in [3.05, 3.63) is 17.0 Å². The molecule has 0 aromatic carbocycles. The van der Waals surface area contributed by atoms with Gasteiger partial charge in [-0.05, 0) is 52.3 Å². The van der Waals surface area contributed by atoms with E-state index in [4.69, 9.17) is 4.74 Å². The Hall–Kier alpha value is -0.870. The monoisotopic (exact) mass is 239 g/mol. The van der Waals surface area contributed by atoms with Gasteiger partial charge in [0.1, 0.15) is 0 Å². The number of nitrogens with one attached hydrogen (secondary N) is 1. The molecule has 0 unspecified atom stereocenters. The molecule has 4 heteroatoms. The van der Waals surface area contributed by atoms with E-state index < -0.39 is 0 Å². The second kappa shape index (κ2) is 7.45. The smallest absolute Gasteiger partial charge is 0.0628 e. The summed E-state index contributed by atoms with van der Waals surface area (Å²) in [5.74, 6) is 0. The largest absolute Gasteiger partial charge is 0.385 e. The molecule has 0 atom stereocenters. The van der Waals surface area contributed by atoms with Crippen molar-refractivity contribution in [2.24, 2.45) is 0 Å². The molecule has 1 aromatic heterocycles. The summed E-state index contributed by atoms with van der Waals surface area (Å²) in [5.41, 5.74) is 3.88. The third-order valence-corrected chi connectivity index (χ3v) is 3.12. The van der Waals surface area contributed by atoms with Gasteiger partial charge in [-0.25, -0.2) is 0 Å². The van der Waals surface area contributed by atoms with Crippen molar-refractivity contribution in [1.29, 1.82) is 0 Å². The summed E-state index contributed by atoms with van der Waals surface area (Å²) < 4.78 is 7.19. The van der Waals surface area contributed by atoms with Gasteiger partial charge in [0.15, 0.2) is 0 Å². The number of hydrogen-bond acceptors (Lipinski definition) is 3. The molecule has 0 radical (unpaired) electrons. The van der Waals surface area contributed by atoms with Crippen molar-refractivity contribution in [2.75, 3.05) is 27.3 Å². The topological polar surface area (TPSA) is 39.1 Å². The number of likely N-dealkylation sites (N-methyl/N-ethyl adjacent to an activating group) is 1. The van der Waals surface area contributed by atoms with Gasteiger partial charge in [0.05, 0.1) is 5.69 Å². The number of ether oxygens (including phenoxy) is 1. The Kier molecular flexibility index (Phi) is 6.22. The maximum Gasteiger partial charge on any atom is 0.0628 e. The zero-order valence-corrected chi connectivity index (χ0v) is 11.5. The van der Waals surface area contributed by atoms with Crippen molar-refractivity contribution >= 4 is 0 Å². The molecule has 1 N–H and O–H groups in total. The van der Waals surface area contributed by atoms with E-state index in [1.54, 1.807) is 7.11 Å². The molecule has 0 saturated heterocycles. The Balaban J connectivity index is 2.55. The van der Waals surface area contributed by atoms with E-state index in [0.717, 1.165) is 39.0 Å². The molecule has 98 valence electrons. The van der Waals surface area contributed by atoms with Crippen LogP contribution in [0.15, 0.2) is 0 Å². The van der Waals surface area contributed by atoms with Crippen LogP contribution >= 0.6 is 0 Å². The van der Waals surface area contributed by atoms with Crippen LogP contribution < -0.4 is 5.32 Å². The summed E-state index contributed by atoms with van der Waals surface area (Å²) in [5, 5.41) is 7.80. The highest BCUT2D eigenvalue weighted by Crippen LogP contribution is 2.14. The highest BCUT2D eigenvalue weighted by Gasteiger charge is 2.10. The second-order valence-electron chi connectivity index (χ2n) is 4.43. The van der Waals surface area contributed by atoms with Crippen LogP contribution in [0.4, 0.5) is 0 Å². The van der Waals surface area contributed by atoms with Crippen LogP contribution in [0.25, 0.3) is 0 Å². The lowest BCUT2D eigenvalue weighted by molar-refractivity contribution is 0.191. The van der Waals surface area contributed by atoms with Crippen molar-refractivity contribution in [2.45, 2.75) is 39.7 Å². The maximum absolute atomic E-state index is 5.05. The van der Waals surface area contributed by atoms with E-state index in [-0.39, 0.29) is 0 Å². The molecule has 0 aliphatic rings. The lowest BCUT2D eigenvalue weighted by atomic mass is 10.1. The first kappa shape index (κ1) is 14.2. The molecule has 0 saturated carbocycles. The molecule has 0 bridgehead atoms. The van der Waals surface area contributed by atoms with Crippen LogP contribution in [0.2, 0.25) is 0 Å². The van der Waals surface area contributed by atoms with Gasteiger partial charge in [0.2, 0.25) is 0 Å². The highest BCUT2D eigenvalue weighted by atomic mass is 16.5. The third-order valence-electron chi connectivity index (χ3n) is 3.12. The van der Waals surface area contributed by atoms with Crippen LogP contribution in [0, 0.1) is 13.8 Å². The fourth-order valence-electron chi connectivity index (χ4n) is 2.07. The molecular weight excluding hydrogens is 214 g/mol. The second-order valence-corrected chi connectivity index (χ2v) is 4.43. The predicted molar refractivity (Wildman–Crippen MR) is 70.4 cm³/mol. The van der Waals surface area contributed by atoms with E-state index in [2.05, 4.69) is 28.9 Å². The number of nitrogens with zero attached hydrogens (tertiary/aromatic N) is 2. The van der Waals surface area contributed by atoms with Crippen LogP contribution in [-0.2, 0) is 17.7 Å². The molecule has 4 nitrogen and oxygen atoms in total. The Bertz CT molecular complexity index is 334. The predicted octanol–water partition coefficient (Wildman–Crippen LogP) is 1.69. The minimum atomic E-state index is 0.839. The zero-order valence-electron chi connectivity index (χ0n) is 11.5. The average molecular weight is 239 g/mol. The van der Waals surface area contributed by atoms with Gasteiger partial charge in [0, 0.05) is 26.0 Å². The fraction of sp³-hybridized carbons (Fsp3) is 0.769. The summed E-state index contributed by atoms with van der Waals surface area (Å²) in [6, 6.07) is 0. The first-order valence-corrected chi connectivity index (χ1v) is 6.37. The Labute approximate surface area is 104 Å². The molecule has 1 rings (SSSR count). The van der Waals surface area contributed by atoms with Gasteiger partial charge < -0.3 is 10.1 Å². The van der Waals surface area contributed by atoms with Gasteiger partial charge in [-0.1, -0.05) is 0 Å². The van der Waals surface area contributed by atoms with Crippen molar-refractivity contribution in [3.63, 3.8) is 0 Å². The SMILES string of the molecule is CNCCc1c(C)nn(CCCCOC)c1C. The Morgan fingerprint density at radius 3 is 2.71 bits per heavy atom. The van der Waals surface area contributed by atoms with Gasteiger partial charge in [-0.3, -0.25) is 4.68 Å². The van der Waals surface area contributed by atoms with E-state index in [1.165, 1.54) is 17.0 Å². The molecule has 0 aliphatic carbocycles. The molecule has 0 spiro atoms. The minimum absolute atomic E-state index is 0.839. The van der Waals surface area contributed by atoms with Crippen LogP contribution in [-0.4, -0.2) is 37.1 Å². The van der Waals surface area contributed by atoms with Gasteiger partial charge in [-0.2, -0.15) is 5.10 Å². The van der Waals surface area contributed by atoms with E-state index >= 15 is 0 Å². The lowest BCUT2D eigenvalue weighted by Crippen LogP contribution is -2.11. The maximum atomic E-state index is 5.05. The molecule has 0 amide bonds. The van der Waals surface area contributed by atoms with Crippen LogP contribution in [0.3, 0.4) is 0 Å². The Morgan fingerprint density at radius 2 is 2.06 bits per heavy atom.